The number of methoxy groups -OCH3 is 1. The molecule has 0 saturated carbocycles. The third-order valence-corrected chi connectivity index (χ3v) is 4.29. The van der Waals surface area contributed by atoms with Crippen molar-refractivity contribution in [2.75, 3.05) is 45.7 Å². The van der Waals surface area contributed by atoms with Crippen molar-refractivity contribution in [3.05, 3.63) is 47.8 Å². The topological polar surface area (TPSA) is 70.6 Å². The van der Waals surface area contributed by atoms with Crippen molar-refractivity contribution < 1.29 is 9.53 Å². The zero-order valence-electron chi connectivity index (χ0n) is 14.6. The molecule has 0 bridgehead atoms. The van der Waals surface area contributed by atoms with Crippen LogP contribution in [0.4, 0.5) is 5.95 Å². The quantitative estimate of drug-likeness (QED) is 0.888. The molecule has 1 aliphatic heterocycles. The average Bonchev–Trinajstić information content (AvgIpc) is 2.67. The molecule has 0 unspecified atom stereocenters. The highest BCUT2D eigenvalue weighted by Gasteiger charge is 2.21. The zero-order chi connectivity index (χ0) is 17.6. The van der Waals surface area contributed by atoms with Crippen molar-refractivity contribution in [2.24, 2.45) is 0 Å². The van der Waals surface area contributed by atoms with Crippen LogP contribution in [0.15, 0.2) is 36.5 Å². The molecule has 0 atom stereocenters. The standard InChI is InChI=1S/C18H23N5O2/c1-22-9-11-23(12-10-22)17(24)15-7-8-19-18(21-15)20-13-14-5-3-4-6-16(14)25-2/h3-8H,9-13H2,1-2H3,(H,19,20,21). The summed E-state index contributed by atoms with van der Waals surface area (Å²) in [5.74, 6) is 1.20. The lowest BCUT2D eigenvalue weighted by molar-refractivity contribution is 0.0658. The molecule has 1 fully saturated rings. The summed E-state index contributed by atoms with van der Waals surface area (Å²) in [6.07, 6.45) is 1.61. The maximum atomic E-state index is 12.6. The molecule has 3 rings (SSSR count). The second-order valence-electron chi connectivity index (χ2n) is 6.03. The number of ether oxygens (including phenoxy) is 1. The van der Waals surface area contributed by atoms with Gasteiger partial charge in [-0.15, -0.1) is 0 Å². The Morgan fingerprint density at radius 3 is 2.72 bits per heavy atom. The predicted octanol–water partition coefficient (Wildman–Crippen LogP) is 1.48. The summed E-state index contributed by atoms with van der Waals surface area (Å²) in [7, 11) is 3.71. The number of rotatable bonds is 5. The Balaban J connectivity index is 1.66. The van der Waals surface area contributed by atoms with Crippen molar-refractivity contribution in [2.45, 2.75) is 6.54 Å². The summed E-state index contributed by atoms with van der Waals surface area (Å²) in [6.45, 7) is 3.74. The van der Waals surface area contributed by atoms with Gasteiger partial charge in [-0.25, -0.2) is 9.97 Å². The number of carbonyl (C=O) groups excluding carboxylic acids is 1. The number of carbonyl (C=O) groups is 1. The molecule has 0 aliphatic carbocycles. The molecule has 1 aromatic carbocycles. The Kier molecular flexibility index (Phi) is 5.45. The highest BCUT2D eigenvalue weighted by molar-refractivity contribution is 5.92. The van der Waals surface area contributed by atoms with E-state index in [1.165, 1.54) is 0 Å². The number of nitrogens with one attached hydrogen (secondary N) is 1. The van der Waals surface area contributed by atoms with Crippen LogP contribution in [-0.2, 0) is 6.54 Å². The largest absolute Gasteiger partial charge is 0.496 e. The van der Waals surface area contributed by atoms with Gasteiger partial charge in [0.2, 0.25) is 5.95 Å². The van der Waals surface area contributed by atoms with Gasteiger partial charge in [-0.2, -0.15) is 0 Å². The molecule has 0 radical (unpaired) electrons. The Hall–Kier alpha value is -2.67. The SMILES string of the molecule is COc1ccccc1CNc1nccc(C(=O)N2CCN(C)CC2)n1. The number of amides is 1. The van der Waals surface area contributed by atoms with Crippen LogP contribution in [0.25, 0.3) is 0 Å². The number of likely N-dealkylation sites (N-methyl/N-ethyl adjacent to an activating group) is 1. The molecule has 1 saturated heterocycles. The number of benzene rings is 1. The fourth-order valence-electron chi connectivity index (χ4n) is 2.76. The Labute approximate surface area is 147 Å². The minimum atomic E-state index is -0.0455. The van der Waals surface area contributed by atoms with Crippen LogP contribution in [0.2, 0.25) is 0 Å². The molecule has 0 spiro atoms. The van der Waals surface area contributed by atoms with E-state index in [9.17, 15) is 4.79 Å². The van der Waals surface area contributed by atoms with E-state index in [2.05, 4.69) is 27.2 Å². The number of anilines is 1. The molecule has 2 heterocycles. The second kappa shape index (κ2) is 7.94. The van der Waals surface area contributed by atoms with E-state index in [0.29, 0.717) is 18.2 Å². The lowest BCUT2D eigenvalue weighted by Gasteiger charge is -2.32. The van der Waals surface area contributed by atoms with Gasteiger partial charge in [0.1, 0.15) is 11.4 Å². The second-order valence-corrected chi connectivity index (χ2v) is 6.03. The Bertz CT molecular complexity index is 729. The van der Waals surface area contributed by atoms with Crippen LogP contribution in [0.5, 0.6) is 5.75 Å². The summed E-state index contributed by atoms with van der Waals surface area (Å²) >= 11 is 0. The van der Waals surface area contributed by atoms with Crippen LogP contribution in [0, 0.1) is 0 Å². The van der Waals surface area contributed by atoms with Crippen molar-refractivity contribution in [1.82, 2.24) is 19.8 Å². The van der Waals surface area contributed by atoms with Crippen molar-refractivity contribution in [1.29, 1.82) is 0 Å². The number of piperazine rings is 1. The molecular weight excluding hydrogens is 318 g/mol. The van der Waals surface area contributed by atoms with Crippen LogP contribution >= 0.6 is 0 Å². The molecule has 1 N–H and O–H groups in total. The van der Waals surface area contributed by atoms with Crippen LogP contribution < -0.4 is 10.1 Å². The fourth-order valence-corrected chi connectivity index (χ4v) is 2.76. The lowest BCUT2D eigenvalue weighted by atomic mass is 10.2. The Morgan fingerprint density at radius 2 is 1.96 bits per heavy atom. The number of hydrogen-bond donors (Lipinski definition) is 1. The summed E-state index contributed by atoms with van der Waals surface area (Å²) < 4.78 is 5.34. The molecule has 25 heavy (non-hydrogen) atoms. The molecule has 7 nitrogen and oxygen atoms in total. The number of aromatic nitrogens is 2. The predicted molar refractivity (Wildman–Crippen MR) is 95.8 cm³/mol. The first kappa shape index (κ1) is 17.2. The first-order chi connectivity index (χ1) is 12.2. The summed E-state index contributed by atoms with van der Waals surface area (Å²) in [6, 6.07) is 9.42. The third kappa shape index (κ3) is 4.24. The van der Waals surface area contributed by atoms with E-state index in [4.69, 9.17) is 4.74 Å². The Morgan fingerprint density at radius 1 is 1.20 bits per heavy atom. The third-order valence-electron chi connectivity index (χ3n) is 4.29. The number of hydrogen-bond acceptors (Lipinski definition) is 6. The van der Waals surface area contributed by atoms with Gasteiger partial charge >= 0.3 is 0 Å². The van der Waals surface area contributed by atoms with Crippen molar-refractivity contribution in [3.8, 4) is 5.75 Å². The molecule has 1 aromatic heterocycles. The van der Waals surface area contributed by atoms with E-state index >= 15 is 0 Å². The lowest BCUT2D eigenvalue weighted by Crippen LogP contribution is -2.47. The monoisotopic (exact) mass is 341 g/mol. The number of para-hydroxylation sites is 1. The fraction of sp³-hybridized carbons (Fsp3) is 0.389. The van der Waals surface area contributed by atoms with Crippen LogP contribution in [0.1, 0.15) is 16.1 Å². The van der Waals surface area contributed by atoms with Crippen molar-refractivity contribution >= 4 is 11.9 Å². The molecule has 1 amide bonds. The van der Waals surface area contributed by atoms with Gasteiger partial charge in [-0.3, -0.25) is 4.79 Å². The molecule has 7 heteroatoms. The van der Waals surface area contributed by atoms with Gasteiger partial charge in [0.15, 0.2) is 0 Å². The minimum absolute atomic E-state index is 0.0455. The maximum absolute atomic E-state index is 12.6. The van der Waals surface area contributed by atoms with Gasteiger partial charge < -0.3 is 19.9 Å². The van der Waals surface area contributed by atoms with Gasteiger partial charge in [0.25, 0.3) is 5.91 Å². The maximum Gasteiger partial charge on any atom is 0.272 e. The number of nitrogens with zero attached hydrogens (tertiary/aromatic N) is 4. The van der Waals surface area contributed by atoms with E-state index in [1.54, 1.807) is 19.4 Å². The zero-order valence-corrected chi connectivity index (χ0v) is 14.6. The van der Waals surface area contributed by atoms with Gasteiger partial charge in [0.05, 0.1) is 7.11 Å². The molecule has 1 aliphatic rings. The minimum Gasteiger partial charge on any atom is -0.496 e. The molecular formula is C18H23N5O2. The van der Waals surface area contributed by atoms with Crippen LogP contribution in [0.3, 0.4) is 0 Å². The summed E-state index contributed by atoms with van der Waals surface area (Å²) in [5, 5.41) is 3.16. The highest BCUT2D eigenvalue weighted by atomic mass is 16.5. The smallest absolute Gasteiger partial charge is 0.272 e. The molecule has 132 valence electrons. The van der Waals surface area contributed by atoms with Crippen molar-refractivity contribution in [3.63, 3.8) is 0 Å². The van der Waals surface area contributed by atoms with Gasteiger partial charge in [-0.1, -0.05) is 18.2 Å². The normalized spacial score (nSPS) is 15.0. The molecule has 2 aromatic rings. The van der Waals surface area contributed by atoms with E-state index in [-0.39, 0.29) is 5.91 Å². The van der Waals surface area contributed by atoms with Gasteiger partial charge in [0, 0.05) is 44.5 Å². The highest BCUT2D eigenvalue weighted by Crippen LogP contribution is 2.18. The van der Waals surface area contributed by atoms with Crippen LogP contribution in [-0.4, -0.2) is 66.0 Å². The van der Waals surface area contributed by atoms with E-state index in [0.717, 1.165) is 37.5 Å². The van der Waals surface area contributed by atoms with Gasteiger partial charge in [-0.05, 0) is 19.2 Å². The first-order valence-electron chi connectivity index (χ1n) is 8.34. The summed E-state index contributed by atoms with van der Waals surface area (Å²) in [4.78, 5) is 25.2. The van der Waals surface area contributed by atoms with E-state index in [1.807, 2.05) is 29.2 Å². The first-order valence-corrected chi connectivity index (χ1v) is 8.34. The van der Waals surface area contributed by atoms with E-state index < -0.39 is 0 Å². The summed E-state index contributed by atoms with van der Waals surface area (Å²) in [5.41, 5.74) is 1.42. The average molecular weight is 341 g/mol.